The number of carbonyl (C=O) groups excluding carboxylic acids is 1. The van der Waals surface area contributed by atoms with Crippen LogP contribution in [0.25, 0.3) is 11.3 Å². The van der Waals surface area contributed by atoms with Crippen molar-refractivity contribution < 1.29 is 9.53 Å². The average Bonchev–Trinajstić information content (AvgIpc) is 2.90. The molecule has 0 radical (unpaired) electrons. The molecule has 0 atom stereocenters. The molecule has 3 rings (SSSR count). The van der Waals surface area contributed by atoms with Crippen LogP contribution in [0.5, 0.6) is 5.75 Å². The number of nitrogens with zero attached hydrogens (tertiary/aromatic N) is 2. The number of hydrogen-bond acceptors (Lipinski definition) is 3. The van der Waals surface area contributed by atoms with Gasteiger partial charge in [-0.2, -0.15) is 4.99 Å². The van der Waals surface area contributed by atoms with Crippen LogP contribution in [-0.2, 0) is 7.05 Å². The minimum Gasteiger partial charge on any atom is -0.494 e. The van der Waals surface area contributed by atoms with Gasteiger partial charge in [-0.3, -0.25) is 4.79 Å². The van der Waals surface area contributed by atoms with E-state index in [1.807, 2.05) is 80.9 Å². The molecule has 0 saturated carbocycles. The molecule has 26 heavy (non-hydrogen) atoms. The summed E-state index contributed by atoms with van der Waals surface area (Å²) in [5.74, 6) is 0.643. The molecule has 4 nitrogen and oxygen atoms in total. The summed E-state index contributed by atoms with van der Waals surface area (Å²) in [6.45, 7) is 6.59. The van der Waals surface area contributed by atoms with E-state index in [2.05, 4.69) is 4.99 Å². The number of benzene rings is 2. The highest BCUT2D eigenvalue weighted by Crippen LogP contribution is 2.26. The summed E-state index contributed by atoms with van der Waals surface area (Å²) in [7, 11) is 1.94. The molecule has 5 heteroatoms. The van der Waals surface area contributed by atoms with Gasteiger partial charge in [-0.1, -0.05) is 18.2 Å². The summed E-state index contributed by atoms with van der Waals surface area (Å²) in [6.07, 6.45) is 0. The van der Waals surface area contributed by atoms with E-state index in [1.165, 1.54) is 11.3 Å². The van der Waals surface area contributed by atoms with E-state index in [9.17, 15) is 4.79 Å². The molecule has 2 aromatic carbocycles. The number of thiazole rings is 1. The summed E-state index contributed by atoms with van der Waals surface area (Å²) in [4.78, 5) is 18.7. The normalized spacial score (nSPS) is 11.6. The molecule has 0 unspecified atom stereocenters. The summed E-state index contributed by atoms with van der Waals surface area (Å²) < 4.78 is 7.49. The SMILES string of the molecule is CCOc1ccc(-c2c(C)sc(=NC(=O)c3ccccc3C)n2C)cc1. The maximum absolute atomic E-state index is 12.6. The van der Waals surface area contributed by atoms with Gasteiger partial charge in [-0.15, -0.1) is 11.3 Å². The minimum atomic E-state index is -0.210. The smallest absolute Gasteiger partial charge is 0.279 e. The Hall–Kier alpha value is -2.66. The van der Waals surface area contributed by atoms with Gasteiger partial charge >= 0.3 is 0 Å². The Labute approximate surface area is 157 Å². The number of carbonyl (C=O) groups is 1. The molecule has 0 spiro atoms. The van der Waals surface area contributed by atoms with E-state index in [0.717, 1.165) is 27.4 Å². The van der Waals surface area contributed by atoms with Crippen molar-refractivity contribution in [1.82, 2.24) is 4.57 Å². The number of rotatable bonds is 4. The van der Waals surface area contributed by atoms with Crippen LogP contribution < -0.4 is 9.54 Å². The standard InChI is InChI=1S/C21H22N2O2S/c1-5-25-17-12-10-16(11-13-17)19-15(3)26-21(23(19)4)22-20(24)18-9-7-6-8-14(18)2/h6-13H,5H2,1-4H3. The highest BCUT2D eigenvalue weighted by molar-refractivity contribution is 7.09. The van der Waals surface area contributed by atoms with Crippen LogP contribution >= 0.6 is 11.3 Å². The molecule has 0 saturated heterocycles. The summed E-state index contributed by atoms with van der Waals surface area (Å²) in [6, 6.07) is 15.5. The first-order valence-electron chi connectivity index (χ1n) is 8.55. The van der Waals surface area contributed by atoms with Crippen molar-refractivity contribution in [2.24, 2.45) is 12.0 Å². The first kappa shape index (κ1) is 18.1. The molecule has 1 heterocycles. The third-order valence-corrected chi connectivity index (χ3v) is 5.26. The van der Waals surface area contributed by atoms with Crippen molar-refractivity contribution in [3.8, 4) is 17.0 Å². The van der Waals surface area contributed by atoms with Gasteiger partial charge in [0, 0.05) is 17.5 Å². The van der Waals surface area contributed by atoms with Crippen molar-refractivity contribution in [1.29, 1.82) is 0 Å². The fraction of sp³-hybridized carbons (Fsp3) is 0.238. The second-order valence-corrected chi connectivity index (χ2v) is 7.22. The zero-order valence-electron chi connectivity index (χ0n) is 15.4. The van der Waals surface area contributed by atoms with Crippen molar-refractivity contribution in [2.75, 3.05) is 6.61 Å². The molecule has 0 aliphatic carbocycles. The molecular weight excluding hydrogens is 344 g/mol. The molecule has 0 fully saturated rings. The van der Waals surface area contributed by atoms with Crippen LogP contribution in [0.1, 0.15) is 27.7 Å². The quantitative estimate of drug-likeness (QED) is 0.682. The van der Waals surface area contributed by atoms with Gasteiger partial charge in [0.25, 0.3) is 5.91 Å². The topological polar surface area (TPSA) is 43.6 Å². The van der Waals surface area contributed by atoms with E-state index in [4.69, 9.17) is 4.74 Å². The molecule has 0 N–H and O–H groups in total. The van der Waals surface area contributed by atoms with E-state index < -0.39 is 0 Å². The zero-order valence-corrected chi connectivity index (χ0v) is 16.3. The predicted octanol–water partition coefficient (Wildman–Crippen LogP) is 4.51. The average molecular weight is 366 g/mol. The van der Waals surface area contributed by atoms with Gasteiger partial charge in [0.2, 0.25) is 0 Å². The lowest BCUT2D eigenvalue weighted by atomic mass is 10.1. The Morgan fingerprint density at radius 1 is 1.12 bits per heavy atom. The Morgan fingerprint density at radius 2 is 1.81 bits per heavy atom. The second kappa shape index (κ2) is 7.70. The number of aryl methyl sites for hydroxylation is 2. The van der Waals surface area contributed by atoms with Gasteiger partial charge in [-0.05, 0) is 62.2 Å². The Balaban J connectivity index is 2.00. The molecule has 3 aromatic rings. The van der Waals surface area contributed by atoms with Crippen LogP contribution in [0, 0.1) is 13.8 Å². The number of aromatic nitrogens is 1. The van der Waals surface area contributed by atoms with E-state index in [0.29, 0.717) is 17.0 Å². The summed E-state index contributed by atoms with van der Waals surface area (Å²) >= 11 is 1.52. The van der Waals surface area contributed by atoms with Crippen LogP contribution in [0.15, 0.2) is 53.5 Å². The number of hydrogen-bond donors (Lipinski definition) is 0. The van der Waals surface area contributed by atoms with Crippen LogP contribution in [0.2, 0.25) is 0 Å². The van der Waals surface area contributed by atoms with E-state index in [1.54, 1.807) is 0 Å². The third-order valence-electron chi connectivity index (χ3n) is 4.21. The molecule has 0 aliphatic heterocycles. The van der Waals surface area contributed by atoms with E-state index >= 15 is 0 Å². The first-order chi connectivity index (χ1) is 12.5. The van der Waals surface area contributed by atoms with Crippen molar-refractivity contribution in [3.05, 3.63) is 69.3 Å². The lowest BCUT2D eigenvalue weighted by Crippen LogP contribution is -2.14. The largest absolute Gasteiger partial charge is 0.494 e. The number of ether oxygens (including phenoxy) is 1. The lowest BCUT2D eigenvalue weighted by molar-refractivity contribution is 0.0997. The number of amides is 1. The van der Waals surface area contributed by atoms with Crippen molar-refractivity contribution in [2.45, 2.75) is 20.8 Å². The monoisotopic (exact) mass is 366 g/mol. The van der Waals surface area contributed by atoms with E-state index in [-0.39, 0.29) is 5.91 Å². The Morgan fingerprint density at radius 3 is 2.46 bits per heavy atom. The zero-order chi connectivity index (χ0) is 18.7. The highest BCUT2D eigenvalue weighted by atomic mass is 32.1. The van der Waals surface area contributed by atoms with Gasteiger partial charge in [0.05, 0.1) is 12.3 Å². The molecule has 0 aliphatic rings. The Kier molecular flexibility index (Phi) is 5.38. The van der Waals surface area contributed by atoms with Gasteiger partial charge < -0.3 is 9.30 Å². The fourth-order valence-electron chi connectivity index (χ4n) is 2.92. The summed E-state index contributed by atoms with van der Waals surface area (Å²) in [5.41, 5.74) is 3.72. The highest BCUT2D eigenvalue weighted by Gasteiger charge is 2.12. The Bertz CT molecular complexity index is 998. The first-order valence-corrected chi connectivity index (χ1v) is 9.37. The minimum absolute atomic E-state index is 0.210. The molecule has 1 aromatic heterocycles. The second-order valence-electron chi connectivity index (χ2n) is 6.04. The van der Waals surface area contributed by atoms with Crippen LogP contribution in [0.4, 0.5) is 0 Å². The van der Waals surface area contributed by atoms with Gasteiger partial charge in [0.1, 0.15) is 5.75 Å². The fourth-order valence-corrected chi connectivity index (χ4v) is 3.90. The lowest BCUT2D eigenvalue weighted by Gasteiger charge is -2.07. The molecule has 134 valence electrons. The van der Waals surface area contributed by atoms with Crippen molar-refractivity contribution in [3.63, 3.8) is 0 Å². The third kappa shape index (κ3) is 3.63. The molecule has 1 amide bonds. The predicted molar refractivity (Wildman–Crippen MR) is 106 cm³/mol. The van der Waals surface area contributed by atoms with Gasteiger partial charge in [0.15, 0.2) is 4.80 Å². The van der Waals surface area contributed by atoms with Crippen molar-refractivity contribution >= 4 is 17.2 Å². The van der Waals surface area contributed by atoms with Gasteiger partial charge in [-0.25, -0.2) is 0 Å². The van der Waals surface area contributed by atoms with Crippen LogP contribution in [-0.4, -0.2) is 17.1 Å². The van der Waals surface area contributed by atoms with Crippen LogP contribution in [0.3, 0.4) is 0 Å². The molecule has 0 bridgehead atoms. The molecular formula is C21H22N2O2S. The maximum atomic E-state index is 12.6. The maximum Gasteiger partial charge on any atom is 0.279 e. The summed E-state index contributed by atoms with van der Waals surface area (Å²) in [5, 5.41) is 0.